The highest BCUT2D eigenvalue weighted by Crippen LogP contribution is 2.43. The van der Waals surface area contributed by atoms with Gasteiger partial charge in [-0.1, -0.05) is 18.7 Å². The van der Waals surface area contributed by atoms with Crippen LogP contribution in [0.15, 0.2) is 0 Å². The van der Waals surface area contributed by atoms with Gasteiger partial charge in [0, 0.05) is 18.6 Å². The molecule has 0 fully saturated rings. The van der Waals surface area contributed by atoms with Crippen LogP contribution in [0.1, 0.15) is 26.2 Å². The Hall–Kier alpha value is -0.540. The first-order valence-corrected chi connectivity index (χ1v) is 6.44. The topological polar surface area (TPSA) is 17.1 Å². The predicted octanol–water partition coefficient (Wildman–Crippen LogP) is 4.61. The molecule has 0 aromatic heterocycles. The van der Waals surface area contributed by atoms with Gasteiger partial charge in [-0.25, -0.2) is 4.39 Å². The van der Waals surface area contributed by atoms with Crippen LogP contribution in [0, 0.1) is 0 Å². The zero-order chi connectivity index (χ0) is 16.2. The van der Waals surface area contributed by atoms with E-state index in [1.54, 1.807) is 0 Å². The molecule has 0 rings (SSSR count). The minimum absolute atomic E-state index is 0.00720. The van der Waals surface area contributed by atoms with Crippen molar-refractivity contribution in [1.82, 2.24) is 0 Å². The second-order valence-corrected chi connectivity index (χ2v) is 5.10. The maximum atomic E-state index is 13.1. The Morgan fingerprint density at radius 3 is 1.95 bits per heavy atom. The minimum atomic E-state index is -5.62. The monoisotopic (exact) mass is 332 g/mol. The van der Waals surface area contributed by atoms with Crippen molar-refractivity contribution in [3.05, 3.63) is 0 Å². The zero-order valence-electron chi connectivity index (χ0n) is 10.2. The molecule has 0 aliphatic heterocycles. The quantitative estimate of drug-likeness (QED) is 0.634. The molecule has 1 nitrogen and oxygen atoms in total. The third-order valence-electron chi connectivity index (χ3n) is 2.29. The van der Waals surface area contributed by atoms with Gasteiger partial charge in [0.25, 0.3) is 0 Å². The number of hydrogen-bond donors (Lipinski definition) is 0. The maximum Gasteiger partial charge on any atom is 0.419 e. The molecule has 0 heterocycles. The molecule has 0 bridgehead atoms. The van der Waals surface area contributed by atoms with Crippen molar-refractivity contribution >= 4 is 16.9 Å². The first-order valence-electron chi connectivity index (χ1n) is 5.45. The van der Waals surface area contributed by atoms with E-state index in [0.717, 1.165) is 0 Å². The molecule has 0 radical (unpaired) electrons. The number of thioether (sulfide) groups is 1. The van der Waals surface area contributed by atoms with Crippen LogP contribution in [0.2, 0.25) is 0 Å². The van der Waals surface area contributed by atoms with Gasteiger partial charge in [-0.05, 0) is 0 Å². The molecule has 0 N–H and O–H groups in total. The van der Waals surface area contributed by atoms with Crippen molar-refractivity contribution in [3.8, 4) is 0 Å². The molecular weight excluding hydrogens is 320 g/mol. The van der Waals surface area contributed by atoms with Gasteiger partial charge in [0.15, 0.2) is 5.12 Å². The summed E-state index contributed by atoms with van der Waals surface area (Å²) in [5, 5.41) is -0.511. The Morgan fingerprint density at radius 1 is 1.05 bits per heavy atom. The molecule has 1 unspecified atom stereocenters. The van der Waals surface area contributed by atoms with E-state index in [2.05, 4.69) is 0 Å². The molecule has 0 amide bonds. The number of rotatable bonds is 7. The number of alkyl halides is 8. The molecule has 0 aliphatic carbocycles. The minimum Gasteiger partial charge on any atom is -0.287 e. The van der Waals surface area contributed by atoms with Crippen LogP contribution in [0.3, 0.4) is 0 Å². The van der Waals surface area contributed by atoms with Crippen LogP contribution >= 0.6 is 11.8 Å². The van der Waals surface area contributed by atoms with E-state index < -0.39 is 47.9 Å². The fourth-order valence-electron chi connectivity index (χ4n) is 1.07. The lowest BCUT2D eigenvalue weighted by atomic mass is 10.0. The molecule has 10 heteroatoms. The van der Waals surface area contributed by atoms with Gasteiger partial charge in [0.05, 0.1) is 6.42 Å². The van der Waals surface area contributed by atoms with Gasteiger partial charge in [-0.2, -0.15) is 30.7 Å². The highest BCUT2D eigenvalue weighted by Gasteiger charge is 2.59. The summed E-state index contributed by atoms with van der Waals surface area (Å²) in [6.07, 6.45) is -13.8. The van der Waals surface area contributed by atoms with Crippen LogP contribution in [0.25, 0.3) is 0 Å². The highest BCUT2D eigenvalue weighted by atomic mass is 32.2. The van der Waals surface area contributed by atoms with E-state index in [0.29, 0.717) is 11.8 Å². The molecule has 20 heavy (non-hydrogen) atoms. The van der Waals surface area contributed by atoms with Gasteiger partial charge in [-0.3, -0.25) is 4.79 Å². The van der Waals surface area contributed by atoms with Crippen molar-refractivity contribution < 1.29 is 39.9 Å². The predicted molar refractivity (Wildman–Crippen MR) is 57.8 cm³/mol. The smallest absolute Gasteiger partial charge is 0.287 e. The van der Waals surface area contributed by atoms with Crippen LogP contribution in [-0.2, 0) is 4.79 Å². The molecule has 0 aromatic carbocycles. The molecule has 0 saturated carbocycles. The second kappa shape index (κ2) is 6.95. The van der Waals surface area contributed by atoms with E-state index in [1.165, 1.54) is 6.92 Å². The number of halogens is 8. The lowest BCUT2D eigenvalue weighted by Gasteiger charge is -2.28. The first-order chi connectivity index (χ1) is 8.83. The summed E-state index contributed by atoms with van der Waals surface area (Å²) in [7, 11) is 0. The Morgan fingerprint density at radius 2 is 1.55 bits per heavy atom. The summed E-state index contributed by atoms with van der Waals surface area (Å²) in [5.41, 5.74) is 0. The van der Waals surface area contributed by atoms with Crippen LogP contribution in [0.4, 0.5) is 35.1 Å². The van der Waals surface area contributed by atoms with Crippen LogP contribution in [0.5, 0.6) is 0 Å². The Balaban J connectivity index is 4.60. The molecule has 0 saturated heterocycles. The summed E-state index contributed by atoms with van der Waals surface area (Å²) in [5.74, 6) is -10.6. The molecule has 0 aliphatic rings. The molecule has 1 atom stereocenters. The molecule has 120 valence electrons. The van der Waals surface area contributed by atoms with E-state index >= 15 is 0 Å². The third kappa shape index (κ3) is 5.84. The number of carbonyl (C=O) groups excluding carboxylic acids is 1. The van der Waals surface area contributed by atoms with E-state index in [-0.39, 0.29) is 6.42 Å². The van der Waals surface area contributed by atoms with Crippen LogP contribution in [-0.4, -0.2) is 35.1 Å². The summed E-state index contributed by atoms with van der Waals surface area (Å²) < 4.78 is 100.0. The summed E-state index contributed by atoms with van der Waals surface area (Å²) >= 11 is 0.376. The average molecular weight is 332 g/mol. The lowest BCUT2D eigenvalue weighted by molar-refractivity contribution is -0.248. The van der Waals surface area contributed by atoms with Gasteiger partial charge < -0.3 is 0 Å². The standard InChI is InChI=1S/C10H12F8OS/c1-2-7(19)20-4-3-8(12,13)9(14,15)5-6(11)10(16,17)18/h6H,2-5H2,1H3. The fraction of sp³-hybridized carbons (Fsp3) is 0.900. The lowest BCUT2D eigenvalue weighted by Crippen LogP contribution is -2.45. The summed E-state index contributed by atoms with van der Waals surface area (Å²) in [4.78, 5) is 10.8. The van der Waals surface area contributed by atoms with Crippen molar-refractivity contribution in [2.24, 2.45) is 0 Å². The molecule has 0 aromatic rings. The Kier molecular flexibility index (Phi) is 6.76. The van der Waals surface area contributed by atoms with Gasteiger partial charge in [0.2, 0.25) is 6.17 Å². The number of hydrogen-bond acceptors (Lipinski definition) is 2. The van der Waals surface area contributed by atoms with Crippen molar-refractivity contribution in [2.75, 3.05) is 5.75 Å². The second-order valence-electron chi connectivity index (χ2n) is 3.95. The van der Waals surface area contributed by atoms with Gasteiger partial charge >= 0.3 is 18.0 Å². The first kappa shape index (κ1) is 19.5. The Bertz CT molecular complexity index is 328. The maximum absolute atomic E-state index is 13.1. The number of carbonyl (C=O) groups is 1. The fourth-order valence-corrected chi connectivity index (χ4v) is 1.86. The summed E-state index contributed by atoms with van der Waals surface area (Å²) in [6, 6.07) is 0. The normalized spacial score (nSPS) is 15.2. The van der Waals surface area contributed by atoms with E-state index in [1.807, 2.05) is 0 Å². The van der Waals surface area contributed by atoms with Crippen molar-refractivity contribution in [3.63, 3.8) is 0 Å². The van der Waals surface area contributed by atoms with E-state index in [4.69, 9.17) is 0 Å². The largest absolute Gasteiger partial charge is 0.419 e. The van der Waals surface area contributed by atoms with E-state index in [9.17, 15) is 39.9 Å². The SMILES string of the molecule is CCC(=O)SCCC(F)(F)C(F)(F)CC(F)C(F)(F)F. The molecule has 0 spiro atoms. The van der Waals surface area contributed by atoms with Gasteiger partial charge in [0.1, 0.15) is 0 Å². The van der Waals surface area contributed by atoms with Gasteiger partial charge in [-0.15, -0.1) is 0 Å². The van der Waals surface area contributed by atoms with Crippen molar-refractivity contribution in [1.29, 1.82) is 0 Å². The summed E-state index contributed by atoms with van der Waals surface area (Å²) in [6.45, 7) is 1.43. The zero-order valence-corrected chi connectivity index (χ0v) is 11.1. The highest BCUT2D eigenvalue weighted by molar-refractivity contribution is 8.13. The Labute approximate surface area is 114 Å². The van der Waals surface area contributed by atoms with Crippen molar-refractivity contribution in [2.45, 2.75) is 50.4 Å². The van der Waals surface area contributed by atoms with Crippen LogP contribution < -0.4 is 0 Å². The third-order valence-corrected chi connectivity index (χ3v) is 3.31. The average Bonchev–Trinajstić information content (AvgIpc) is 2.26. The molecular formula is C10H12F8OS.